The molecule has 0 bridgehead atoms. The molecule has 4 rings (SSSR count). The average molecular weight is 342 g/mol. The Hall–Kier alpha value is -1.38. The third-order valence-corrected chi connectivity index (χ3v) is 8.61. The molecule has 0 heterocycles. The molecule has 6 atom stereocenters. The first kappa shape index (κ1) is 17.1. The normalized spacial score (nSPS) is 47.7. The maximum absolute atomic E-state index is 12.2. The van der Waals surface area contributed by atoms with Crippen LogP contribution in [0.3, 0.4) is 0 Å². The number of allylic oxidation sites excluding steroid dienone is 2. The van der Waals surface area contributed by atoms with Gasteiger partial charge < -0.3 is 5.11 Å². The zero-order valence-corrected chi connectivity index (χ0v) is 15.7. The Bertz CT molecular complexity index is 687. The first-order chi connectivity index (χ1) is 11.8. The Morgan fingerprint density at radius 3 is 2.64 bits per heavy atom. The fourth-order valence-corrected chi connectivity index (χ4v) is 7.36. The van der Waals surface area contributed by atoms with Gasteiger partial charge in [0.25, 0.3) is 0 Å². The first-order valence-corrected chi connectivity index (χ1v) is 9.90. The predicted octanol–water partition coefficient (Wildman–Crippen LogP) is 4.78. The van der Waals surface area contributed by atoms with Gasteiger partial charge in [0.15, 0.2) is 5.78 Å². The minimum Gasteiger partial charge on any atom is -0.516 e. The molecule has 0 saturated heterocycles. The van der Waals surface area contributed by atoms with Gasteiger partial charge in [0, 0.05) is 17.8 Å². The van der Waals surface area contributed by atoms with Crippen LogP contribution in [0.25, 0.3) is 0 Å². The van der Waals surface area contributed by atoms with Crippen molar-refractivity contribution in [1.29, 1.82) is 0 Å². The van der Waals surface area contributed by atoms with E-state index in [2.05, 4.69) is 13.8 Å². The van der Waals surface area contributed by atoms with E-state index in [1.165, 1.54) is 11.8 Å². The summed E-state index contributed by atoms with van der Waals surface area (Å²) in [5, 5.41) is 9.87. The van der Waals surface area contributed by atoms with Crippen LogP contribution in [0, 0.1) is 34.5 Å². The van der Waals surface area contributed by atoms with Crippen molar-refractivity contribution in [2.45, 2.75) is 65.7 Å². The van der Waals surface area contributed by atoms with Gasteiger partial charge in [0.1, 0.15) is 5.78 Å². The first-order valence-electron chi connectivity index (χ1n) is 9.90. The van der Waals surface area contributed by atoms with Gasteiger partial charge in [-0.1, -0.05) is 19.4 Å². The van der Waals surface area contributed by atoms with E-state index in [4.69, 9.17) is 0 Å². The molecule has 3 saturated carbocycles. The Balaban J connectivity index is 1.73. The van der Waals surface area contributed by atoms with Crippen molar-refractivity contribution in [3.05, 3.63) is 23.5 Å². The number of hydrogen-bond acceptors (Lipinski definition) is 3. The molecule has 1 N–H and O–H groups in total. The summed E-state index contributed by atoms with van der Waals surface area (Å²) in [4.78, 5) is 24.3. The minimum atomic E-state index is -0.165. The molecule has 25 heavy (non-hydrogen) atoms. The van der Waals surface area contributed by atoms with Gasteiger partial charge in [-0.2, -0.15) is 0 Å². The summed E-state index contributed by atoms with van der Waals surface area (Å²) >= 11 is 0. The lowest BCUT2D eigenvalue weighted by Crippen LogP contribution is -2.51. The van der Waals surface area contributed by atoms with Crippen LogP contribution in [0.5, 0.6) is 0 Å². The monoisotopic (exact) mass is 342 g/mol. The zero-order valence-electron chi connectivity index (χ0n) is 15.7. The molecular weight excluding hydrogens is 312 g/mol. The van der Waals surface area contributed by atoms with Crippen molar-refractivity contribution in [3.63, 3.8) is 0 Å². The number of aliphatic hydroxyl groups is 1. The van der Waals surface area contributed by atoms with E-state index in [9.17, 15) is 14.7 Å². The molecule has 0 aliphatic heterocycles. The highest BCUT2D eigenvalue weighted by Crippen LogP contribution is 2.67. The third-order valence-electron chi connectivity index (χ3n) is 8.61. The van der Waals surface area contributed by atoms with Crippen LogP contribution >= 0.6 is 0 Å². The van der Waals surface area contributed by atoms with E-state index in [-0.39, 0.29) is 22.5 Å². The van der Waals surface area contributed by atoms with E-state index in [1.54, 1.807) is 6.92 Å². The Kier molecular flexibility index (Phi) is 3.79. The van der Waals surface area contributed by atoms with Crippen LogP contribution in [0.4, 0.5) is 0 Å². The van der Waals surface area contributed by atoms with Crippen molar-refractivity contribution < 1.29 is 14.7 Å². The number of hydrogen-bond donors (Lipinski definition) is 1. The Labute approximate surface area is 150 Å². The van der Waals surface area contributed by atoms with E-state index in [1.807, 2.05) is 6.08 Å². The maximum atomic E-state index is 12.2. The second-order valence-electron chi connectivity index (χ2n) is 9.37. The lowest BCUT2D eigenvalue weighted by molar-refractivity contribution is -0.127. The van der Waals surface area contributed by atoms with E-state index in [0.29, 0.717) is 30.0 Å². The third kappa shape index (κ3) is 2.17. The number of ketones is 2. The molecule has 3 heteroatoms. The van der Waals surface area contributed by atoms with E-state index >= 15 is 0 Å². The molecule has 0 radical (unpaired) electrons. The van der Waals surface area contributed by atoms with Crippen molar-refractivity contribution in [3.8, 4) is 0 Å². The molecule has 0 aromatic carbocycles. The van der Waals surface area contributed by atoms with Gasteiger partial charge in [-0.3, -0.25) is 9.59 Å². The van der Waals surface area contributed by atoms with Gasteiger partial charge in [-0.15, -0.1) is 0 Å². The molecule has 4 aliphatic rings. The molecule has 0 aromatic rings. The summed E-state index contributed by atoms with van der Waals surface area (Å²) in [6.45, 7) is 6.38. The Morgan fingerprint density at radius 2 is 1.96 bits per heavy atom. The average Bonchev–Trinajstić information content (AvgIpc) is 2.92. The van der Waals surface area contributed by atoms with Crippen LogP contribution in [-0.2, 0) is 9.59 Å². The van der Waals surface area contributed by atoms with Crippen molar-refractivity contribution >= 4 is 11.6 Å². The van der Waals surface area contributed by atoms with Gasteiger partial charge in [0.05, 0.1) is 6.26 Å². The fraction of sp³-hybridized carbons (Fsp3) is 0.727. The smallest absolute Gasteiger partial charge is 0.159 e. The van der Waals surface area contributed by atoms with Crippen LogP contribution in [0.2, 0.25) is 0 Å². The molecule has 3 fully saturated rings. The predicted molar refractivity (Wildman–Crippen MR) is 97.0 cm³/mol. The SMILES string of the molecule is CC(=O)[C@H]1CC[C@H]2[C@@H]3CCC4=CC(=O)CC(=CO)[C@]4(C)[C@H]3CC[C@]12C. The molecule has 4 aliphatic carbocycles. The van der Waals surface area contributed by atoms with Crippen LogP contribution in [0.1, 0.15) is 65.7 Å². The van der Waals surface area contributed by atoms with Crippen molar-refractivity contribution in [2.75, 3.05) is 0 Å². The highest BCUT2D eigenvalue weighted by atomic mass is 16.2. The summed E-state index contributed by atoms with van der Waals surface area (Å²) in [5.74, 6) is 2.42. The standard InChI is InChI=1S/C22H30O3/c1-13(24)18-6-7-19-17-5-4-14-10-16(25)11-15(12-23)22(14,3)20(17)8-9-21(18,19)2/h10,12,17-20,23H,4-9,11H2,1-3H3/t17-,18+,19-,20-,21+,22+/m0/s1. The fourth-order valence-electron chi connectivity index (χ4n) is 7.36. The van der Waals surface area contributed by atoms with Crippen LogP contribution in [0.15, 0.2) is 23.5 Å². The van der Waals surface area contributed by atoms with Crippen LogP contribution in [-0.4, -0.2) is 16.7 Å². The lowest BCUT2D eigenvalue weighted by Gasteiger charge is -2.58. The quantitative estimate of drug-likeness (QED) is 0.698. The Morgan fingerprint density at radius 1 is 1.20 bits per heavy atom. The molecular formula is C22H30O3. The zero-order chi connectivity index (χ0) is 18.0. The van der Waals surface area contributed by atoms with Gasteiger partial charge >= 0.3 is 0 Å². The van der Waals surface area contributed by atoms with E-state index in [0.717, 1.165) is 44.1 Å². The second kappa shape index (κ2) is 5.56. The molecule has 136 valence electrons. The maximum Gasteiger partial charge on any atom is 0.159 e. The number of fused-ring (bicyclic) bond motifs is 5. The topological polar surface area (TPSA) is 54.4 Å². The molecule has 0 unspecified atom stereocenters. The van der Waals surface area contributed by atoms with Gasteiger partial charge in [0.2, 0.25) is 0 Å². The number of carbonyl (C=O) groups is 2. The second-order valence-corrected chi connectivity index (χ2v) is 9.37. The number of carbonyl (C=O) groups excluding carboxylic acids is 2. The molecule has 0 spiro atoms. The van der Waals surface area contributed by atoms with Gasteiger partial charge in [-0.25, -0.2) is 0 Å². The number of aliphatic hydroxyl groups excluding tert-OH is 1. The summed E-state index contributed by atoms with van der Waals surface area (Å²) in [5.41, 5.74) is 2.13. The highest BCUT2D eigenvalue weighted by Gasteiger charge is 2.60. The highest BCUT2D eigenvalue weighted by molar-refractivity contribution is 5.94. The summed E-state index contributed by atoms with van der Waals surface area (Å²) in [6, 6.07) is 0. The summed E-state index contributed by atoms with van der Waals surface area (Å²) < 4.78 is 0. The molecule has 0 aromatic heterocycles. The largest absolute Gasteiger partial charge is 0.516 e. The summed E-state index contributed by atoms with van der Waals surface area (Å²) in [6.07, 6.45) is 9.92. The minimum absolute atomic E-state index is 0.129. The molecule has 3 nitrogen and oxygen atoms in total. The van der Waals surface area contributed by atoms with Crippen molar-refractivity contribution in [2.24, 2.45) is 34.5 Å². The van der Waals surface area contributed by atoms with Crippen LogP contribution < -0.4 is 0 Å². The number of Topliss-reactive ketones (excluding diaryl/α,β-unsaturated/α-hetero) is 1. The summed E-state index contributed by atoms with van der Waals surface area (Å²) in [7, 11) is 0. The van der Waals surface area contributed by atoms with Gasteiger partial charge in [-0.05, 0) is 80.3 Å². The number of rotatable bonds is 1. The lowest BCUT2D eigenvalue weighted by atomic mass is 9.46. The van der Waals surface area contributed by atoms with E-state index < -0.39 is 0 Å². The molecule has 0 amide bonds. The van der Waals surface area contributed by atoms with Crippen molar-refractivity contribution in [1.82, 2.24) is 0 Å².